The van der Waals surface area contributed by atoms with Crippen LogP contribution in [0.2, 0.25) is 0 Å². The summed E-state index contributed by atoms with van der Waals surface area (Å²) in [5, 5.41) is 43.1. The molecule has 188 valence electrons. The summed E-state index contributed by atoms with van der Waals surface area (Å²) >= 11 is 0. The highest BCUT2D eigenvalue weighted by atomic mass is 16.4. The third kappa shape index (κ3) is 11.6. The van der Waals surface area contributed by atoms with Gasteiger partial charge in [0.1, 0.15) is 12.1 Å². The van der Waals surface area contributed by atoms with Crippen LogP contribution in [0.1, 0.15) is 26.2 Å². The van der Waals surface area contributed by atoms with Crippen molar-refractivity contribution in [1.29, 1.82) is 0 Å². The number of guanidine groups is 1. The van der Waals surface area contributed by atoms with Gasteiger partial charge in [-0.2, -0.15) is 0 Å². The van der Waals surface area contributed by atoms with Crippen LogP contribution >= 0.6 is 0 Å². The highest BCUT2D eigenvalue weighted by Crippen LogP contribution is 2.02. The predicted octanol–water partition coefficient (Wildman–Crippen LogP) is -5.25. The quantitative estimate of drug-likeness (QED) is 0.0601. The Morgan fingerprint density at radius 2 is 1.48 bits per heavy atom. The number of carbonyl (C=O) groups excluding carboxylic acids is 3. The summed E-state index contributed by atoms with van der Waals surface area (Å²) < 4.78 is 0. The van der Waals surface area contributed by atoms with Crippen molar-refractivity contribution in [3.8, 4) is 0 Å². The molecule has 13 N–H and O–H groups in total. The van der Waals surface area contributed by atoms with Gasteiger partial charge in [-0.3, -0.25) is 24.2 Å². The largest absolute Gasteiger partial charge is 0.481 e. The molecule has 0 rings (SSSR count). The van der Waals surface area contributed by atoms with Crippen molar-refractivity contribution < 1.29 is 44.4 Å². The number of nitrogens with zero attached hydrogens (tertiary/aromatic N) is 1. The third-order valence-electron chi connectivity index (χ3n) is 4.17. The number of rotatable bonds is 15. The van der Waals surface area contributed by atoms with Crippen molar-refractivity contribution in [3.63, 3.8) is 0 Å². The lowest BCUT2D eigenvalue weighted by molar-refractivity contribution is -0.145. The summed E-state index contributed by atoms with van der Waals surface area (Å²) in [5.41, 5.74) is 15.9. The fraction of sp³-hybridized carbons (Fsp3) is 0.647. The minimum absolute atomic E-state index is 0.0562. The number of nitrogens with two attached hydrogens (primary N) is 3. The van der Waals surface area contributed by atoms with Crippen LogP contribution in [0.15, 0.2) is 4.99 Å². The molecule has 0 aromatic rings. The van der Waals surface area contributed by atoms with E-state index < -0.39 is 73.0 Å². The lowest BCUT2D eigenvalue weighted by Crippen LogP contribution is -2.59. The SMILES string of the molecule is CC(O)C(NC(=O)C(CO)NC(=O)C(CCCN=C(N)N)NC(=O)C(N)CC(=O)O)C(=O)O. The minimum atomic E-state index is -1.70. The summed E-state index contributed by atoms with van der Waals surface area (Å²) in [6, 6.07) is -6.11. The first-order valence-electron chi connectivity index (χ1n) is 9.75. The summed E-state index contributed by atoms with van der Waals surface area (Å²) in [5.74, 6) is -6.09. The van der Waals surface area contributed by atoms with Crippen LogP contribution < -0.4 is 33.2 Å². The van der Waals surface area contributed by atoms with E-state index in [1.807, 2.05) is 5.32 Å². The number of aliphatic hydroxyl groups excluding tert-OH is 2. The molecule has 0 fully saturated rings. The zero-order valence-corrected chi connectivity index (χ0v) is 17.9. The van der Waals surface area contributed by atoms with E-state index in [9.17, 15) is 34.2 Å². The Kier molecular flexibility index (Phi) is 13.0. The molecular weight excluding hydrogens is 446 g/mol. The fourth-order valence-corrected chi connectivity index (χ4v) is 2.44. The lowest BCUT2D eigenvalue weighted by Gasteiger charge is -2.24. The van der Waals surface area contributed by atoms with E-state index in [0.717, 1.165) is 6.92 Å². The maximum absolute atomic E-state index is 12.7. The number of carboxylic acids is 2. The second kappa shape index (κ2) is 14.5. The van der Waals surface area contributed by atoms with Crippen LogP contribution in [-0.4, -0.2) is 99.5 Å². The van der Waals surface area contributed by atoms with Crippen molar-refractivity contribution in [2.24, 2.45) is 22.2 Å². The van der Waals surface area contributed by atoms with E-state index in [1.54, 1.807) is 0 Å². The van der Waals surface area contributed by atoms with E-state index in [0.29, 0.717) is 0 Å². The molecule has 3 amide bonds. The number of aliphatic imine (C=N–C) groups is 1. The Balaban J connectivity index is 5.37. The van der Waals surface area contributed by atoms with Gasteiger partial charge in [0, 0.05) is 6.54 Å². The van der Waals surface area contributed by atoms with E-state index in [2.05, 4.69) is 15.6 Å². The molecule has 5 atom stereocenters. The fourth-order valence-electron chi connectivity index (χ4n) is 2.44. The maximum atomic E-state index is 12.7. The molecule has 0 aliphatic rings. The highest BCUT2D eigenvalue weighted by Gasteiger charge is 2.31. The van der Waals surface area contributed by atoms with Crippen molar-refractivity contribution in [2.75, 3.05) is 13.2 Å². The molecule has 33 heavy (non-hydrogen) atoms. The van der Waals surface area contributed by atoms with Gasteiger partial charge in [0.05, 0.1) is 25.2 Å². The first kappa shape index (κ1) is 29.5. The average molecular weight is 477 g/mol. The standard InChI is InChI=1S/C17H31N7O9/c1-7(26)12(16(32)33)24-15(31)10(6-25)23-14(30)9(3-2-4-21-17(19)20)22-13(29)8(18)5-11(27)28/h7-10,12,25-26H,2-6,18H2,1H3,(H,22,29)(H,23,30)(H,24,31)(H,27,28)(H,32,33)(H4,19,20,21). The van der Waals surface area contributed by atoms with Crippen molar-refractivity contribution in [2.45, 2.75) is 56.5 Å². The summed E-state index contributed by atoms with van der Waals surface area (Å²) in [6.07, 6.45) is -2.05. The zero-order chi connectivity index (χ0) is 25.7. The highest BCUT2D eigenvalue weighted by molar-refractivity contribution is 5.94. The smallest absolute Gasteiger partial charge is 0.328 e. The van der Waals surface area contributed by atoms with Crippen LogP contribution in [0.5, 0.6) is 0 Å². The number of carbonyl (C=O) groups is 5. The molecule has 0 bridgehead atoms. The second-order valence-electron chi connectivity index (χ2n) is 7.02. The molecule has 0 aliphatic carbocycles. The van der Waals surface area contributed by atoms with Gasteiger partial charge in [0.15, 0.2) is 12.0 Å². The third-order valence-corrected chi connectivity index (χ3v) is 4.17. The average Bonchev–Trinajstić information content (AvgIpc) is 2.70. The molecule has 0 radical (unpaired) electrons. The number of aliphatic hydroxyl groups is 2. The van der Waals surface area contributed by atoms with E-state index in [-0.39, 0.29) is 25.3 Å². The molecule has 16 nitrogen and oxygen atoms in total. The van der Waals surface area contributed by atoms with Gasteiger partial charge in [-0.1, -0.05) is 0 Å². The Bertz CT molecular complexity index is 740. The van der Waals surface area contributed by atoms with Gasteiger partial charge in [-0.15, -0.1) is 0 Å². The Hall–Kier alpha value is -3.50. The maximum Gasteiger partial charge on any atom is 0.328 e. The van der Waals surface area contributed by atoms with Crippen LogP contribution in [-0.2, 0) is 24.0 Å². The number of amides is 3. The molecule has 0 aromatic carbocycles. The number of hydrogen-bond acceptors (Lipinski definition) is 9. The molecule has 0 aromatic heterocycles. The number of aliphatic carboxylic acids is 2. The number of carboxylic acid groups (broad SMARTS) is 2. The molecule has 0 heterocycles. The van der Waals surface area contributed by atoms with Crippen molar-refractivity contribution in [3.05, 3.63) is 0 Å². The summed E-state index contributed by atoms with van der Waals surface area (Å²) in [7, 11) is 0. The van der Waals surface area contributed by atoms with Gasteiger partial charge >= 0.3 is 11.9 Å². The molecule has 0 saturated heterocycles. The minimum Gasteiger partial charge on any atom is -0.481 e. The van der Waals surface area contributed by atoms with Crippen LogP contribution in [0.4, 0.5) is 0 Å². The predicted molar refractivity (Wildman–Crippen MR) is 112 cm³/mol. The van der Waals surface area contributed by atoms with Crippen LogP contribution in [0.3, 0.4) is 0 Å². The Morgan fingerprint density at radius 3 is 1.94 bits per heavy atom. The first-order valence-corrected chi connectivity index (χ1v) is 9.75. The van der Waals surface area contributed by atoms with Crippen molar-refractivity contribution in [1.82, 2.24) is 16.0 Å². The molecule has 5 unspecified atom stereocenters. The van der Waals surface area contributed by atoms with E-state index in [4.69, 9.17) is 27.4 Å². The van der Waals surface area contributed by atoms with Gasteiger partial charge in [0.2, 0.25) is 17.7 Å². The number of hydrogen-bond donors (Lipinski definition) is 10. The van der Waals surface area contributed by atoms with Crippen LogP contribution in [0, 0.1) is 0 Å². The van der Waals surface area contributed by atoms with Gasteiger partial charge in [0.25, 0.3) is 0 Å². The van der Waals surface area contributed by atoms with E-state index >= 15 is 0 Å². The summed E-state index contributed by atoms with van der Waals surface area (Å²) in [4.78, 5) is 62.6. The van der Waals surface area contributed by atoms with Crippen LogP contribution in [0.25, 0.3) is 0 Å². The lowest BCUT2D eigenvalue weighted by atomic mass is 10.1. The van der Waals surface area contributed by atoms with Gasteiger partial charge in [-0.25, -0.2) is 4.79 Å². The van der Waals surface area contributed by atoms with Gasteiger partial charge in [-0.05, 0) is 19.8 Å². The molecular formula is C17H31N7O9. The molecule has 0 spiro atoms. The molecule has 0 saturated carbocycles. The normalized spacial score (nSPS) is 15.2. The van der Waals surface area contributed by atoms with Crippen molar-refractivity contribution >= 4 is 35.6 Å². The number of nitrogens with one attached hydrogen (secondary N) is 3. The van der Waals surface area contributed by atoms with E-state index in [1.165, 1.54) is 0 Å². The summed E-state index contributed by atoms with van der Waals surface area (Å²) in [6.45, 7) is 0.271. The Labute approximate surface area is 188 Å². The molecule has 16 heteroatoms. The topological polar surface area (TPSA) is 293 Å². The van der Waals surface area contributed by atoms with Gasteiger partial charge < -0.3 is 53.6 Å². The zero-order valence-electron chi connectivity index (χ0n) is 17.9. The second-order valence-corrected chi connectivity index (χ2v) is 7.02. The Morgan fingerprint density at radius 1 is 0.939 bits per heavy atom. The monoisotopic (exact) mass is 477 g/mol. The first-order chi connectivity index (χ1) is 15.3. The molecule has 0 aliphatic heterocycles.